The molecule has 0 bridgehead atoms. The summed E-state index contributed by atoms with van der Waals surface area (Å²) in [6.07, 6.45) is 1.53. The maximum atomic E-state index is 12.6. The molecule has 24 heavy (non-hydrogen) atoms. The van der Waals surface area contributed by atoms with Gasteiger partial charge in [0.2, 0.25) is 0 Å². The Morgan fingerprint density at radius 3 is 2.46 bits per heavy atom. The molecular formula is C17H11NO4S2. The van der Waals surface area contributed by atoms with Crippen LogP contribution in [0.5, 0.6) is 5.75 Å². The lowest BCUT2D eigenvalue weighted by molar-refractivity contribution is -0.113. The van der Waals surface area contributed by atoms with E-state index >= 15 is 0 Å². The van der Waals surface area contributed by atoms with Crippen LogP contribution in [0, 0.1) is 0 Å². The topological polar surface area (TPSA) is 77.8 Å². The number of thioether (sulfide) groups is 1. The van der Waals surface area contributed by atoms with Gasteiger partial charge in [0.1, 0.15) is 5.75 Å². The lowest BCUT2D eigenvalue weighted by Gasteiger charge is -2.14. The number of carbonyl (C=O) groups excluding carboxylic acids is 1. The standard InChI is InChI=1S/C17H11NO4S2/c19-12-7-5-11(6-8-12)18-15(20)14(24-17(18)23)9-10-3-1-2-4-13(10)16(21)22/h1-9,19H,(H,21,22)/b14-9+. The highest BCUT2D eigenvalue weighted by Crippen LogP contribution is 2.36. The molecular weight excluding hydrogens is 346 g/mol. The zero-order valence-corrected chi connectivity index (χ0v) is 13.8. The average molecular weight is 357 g/mol. The molecule has 0 atom stereocenters. The number of hydrogen-bond donors (Lipinski definition) is 2. The van der Waals surface area contributed by atoms with E-state index in [0.29, 0.717) is 20.5 Å². The largest absolute Gasteiger partial charge is 0.508 e. The molecule has 0 spiro atoms. The minimum atomic E-state index is -1.06. The van der Waals surface area contributed by atoms with Crippen LogP contribution in [-0.2, 0) is 4.79 Å². The molecule has 1 aliphatic heterocycles. The number of thiocarbonyl (C=S) groups is 1. The molecule has 1 aliphatic rings. The SMILES string of the molecule is O=C(O)c1ccccc1/C=C1/SC(=S)N(c2ccc(O)cc2)C1=O. The van der Waals surface area contributed by atoms with Crippen molar-refractivity contribution >= 4 is 51.9 Å². The Balaban J connectivity index is 1.97. The Morgan fingerprint density at radius 1 is 1.12 bits per heavy atom. The molecule has 0 radical (unpaired) electrons. The molecule has 1 heterocycles. The fraction of sp³-hybridized carbons (Fsp3) is 0. The minimum Gasteiger partial charge on any atom is -0.508 e. The third kappa shape index (κ3) is 3.04. The number of phenolic OH excluding ortho intramolecular Hbond substituents is 1. The molecule has 1 fully saturated rings. The predicted octanol–water partition coefficient (Wildman–Crippen LogP) is 3.50. The fourth-order valence-electron chi connectivity index (χ4n) is 2.25. The number of amides is 1. The van der Waals surface area contributed by atoms with E-state index in [-0.39, 0.29) is 17.2 Å². The molecule has 1 amide bonds. The van der Waals surface area contributed by atoms with Gasteiger partial charge in [-0.1, -0.05) is 42.2 Å². The number of nitrogens with zero attached hydrogens (tertiary/aromatic N) is 1. The highest BCUT2D eigenvalue weighted by atomic mass is 32.2. The van der Waals surface area contributed by atoms with Crippen LogP contribution in [0.4, 0.5) is 5.69 Å². The van der Waals surface area contributed by atoms with Gasteiger partial charge in [-0.15, -0.1) is 0 Å². The summed E-state index contributed by atoms with van der Waals surface area (Å²) in [4.78, 5) is 25.6. The van der Waals surface area contributed by atoms with Crippen molar-refractivity contribution in [1.82, 2.24) is 0 Å². The lowest BCUT2D eigenvalue weighted by atomic mass is 10.1. The zero-order valence-electron chi connectivity index (χ0n) is 12.2. The van der Waals surface area contributed by atoms with Crippen LogP contribution in [0.1, 0.15) is 15.9 Å². The number of rotatable bonds is 3. The molecule has 0 unspecified atom stereocenters. The molecule has 0 aromatic heterocycles. The van der Waals surface area contributed by atoms with Gasteiger partial charge >= 0.3 is 5.97 Å². The Hall–Kier alpha value is -2.64. The predicted molar refractivity (Wildman–Crippen MR) is 97.2 cm³/mol. The molecule has 7 heteroatoms. The summed E-state index contributed by atoms with van der Waals surface area (Å²) in [5, 5.41) is 18.6. The molecule has 5 nitrogen and oxygen atoms in total. The number of aromatic hydroxyl groups is 1. The number of hydrogen-bond acceptors (Lipinski definition) is 5. The van der Waals surface area contributed by atoms with Crippen molar-refractivity contribution in [2.75, 3.05) is 4.90 Å². The van der Waals surface area contributed by atoms with Crippen molar-refractivity contribution in [3.05, 3.63) is 64.6 Å². The summed E-state index contributed by atoms with van der Waals surface area (Å²) in [7, 11) is 0. The molecule has 2 N–H and O–H groups in total. The first kappa shape index (κ1) is 16.2. The molecule has 3 rings (SSSR count). The quantitative estimate of drug-likeness (QED) is 0.647. The molecule has 0 saturated carbocycles. The average Bonchev–Trinajstić information content (AvgIpc) is 2.83. The van der Waals surface area contributed by atoms with Crippen LogP contribution >= 0.6 is 24.0 Å². The Labute approximate surface area is 147 Å². The van der Waals surface area contributed by atoms with Crippen molar-refractivity contribution in [3.8, 4) is 5.75 Å². The van der Waals surface area contributed by atoms with Crippen molar-refractivity contribution in [2.45, 2.75) is 0 Å². The maximum absolute atomic E-state index is 12.6. The highest BCUT2D eigenvalue weighted by molar-refractivity contribution is 8.27. The van der Waals surface area contributed by atoms with E-state index in [1.54, 1.807) is 30.3 Å². The number of benzene rings is 2. The third-order valence-corrected chi connectivity index (χ3v) is 4.68. The van der Waals surface area contributed by atoms with Crippen molar-refractivity contribution in [1.29, 1.82) is 0 Å². The molecule has 1 saturated heterocycles. The van der Waals surface area contributed by atoms with Gasteiger partial charge in [-0.25, -0.2) is 4.79 Å². The van der Waals surface area contributed by atoms with E-state index < -0.39 is 5.97 Å². The second-order valence-corrected chi connectivity index (χ2v) is 6.60. The fourth-order valence-corrected chi connectivity index (χ4v) is 3.54. The van der Waals surface area contributed by atoms with Crippen LogP contribution in [0.25, 0.3) is 6.08 Å². The number of carbonyl (C=O) groups is 2. The van der Waals surface area contributed by atoms with Crippen LogP contribution < -0.4 is 4.90 Å². The van der Waals surface area contributed by atoms with E-state index in [0.717, 1.165) is 11.8 Å². The second kappa shape index (κ2) is 6.46. The third-order valence-electron chi connectivity index (χ3n) is 3.38. The van der Waals surface area contributed by atoms with Crippen molar-refractivity contribution < 1.29 is 19.8 Å². The molecule has 120 valence electrons. The Kier molecular flexibility index (Phi) is 4.37. The van der Waals surface area contributed by atoms with E-state index in [4.69, 9.17) is 12.2 Å². The molecule has 0 aliphatic carbocycles. The maximum Gasteiger partial charge on any atom is 0.336 e. The summed E-state index contributed by atoms with van der Waals surface area (Å²) >= 11 is 6.37. The zero-order chi connectivity index (χ0) is 17.3. The van der Waals surface area contributed by atoms with Gasteiger partial charge in [-0.3, -0.25) is 9.69 Å². The highest BCUT2D eigenvalue weighted by Gasteiger charge is 2.33. The summed E-state index contributed by atoms with van der Waals surface area (Å²) < 4.78 is 0.352. The van der Waals surface area contributed by atoms with E-state index in [9.17, 15) is 19.8 Å². The van der Waals surface area contributed by atoms with Crippen LogP contribution in [-0.4, -0.2) is 26.4 Å². The van der Waals surface area contributed by atoms with Gasteiger partial charge in [0, 0.05) is 0 Å². The molecule has 2 aromatic rings. The van der Waals surface area contributed by atoms with Gasteiger partial charge < -0.3 is 10.2 Å². The number of phenols is 1. The first-order chi connectivity index (χ1) is 11.5. The summed E-state index contributed by atoms with van der Waals surface area (Å²) in [6.45, 7) is 0. The van der Waals surface area contributed by atoms with E-state index in [2.05, 4.69) is 0 Å². The minimum absolute atomic E-state index is 0.0927. The number of anilines is 1. The summed E-state index contributed by atoms with van der Waals surface area (Å²) in [5.74, 6) is -1.29. The summed E-state index contributed by atoms with van der Waals surface area (Å²) in [5.41, 5.74) is 1.11. The smallest absolute Gasteiger partial charge is 0.336 e. The first-order valence-electron chi connectivity index (χ1n) is 6.86. The van der Waals surface area contributed by atoms with Gasteiger partial charge in [0.25, 0.3) is 5.91 Å². The van der Waals surface area contributed by atoms with Gasteiger partial charge in [-0.2, -0.15) is 0 Å². The monoisotopic (exact) mass is 357 g/mol. The van der Waals surface area contributed by atoms with Crippen molar-refractivity contribution in [2.24, 2.45) is 0 Å². The number of aromatic carboxylic acids is 1. The van der Waals surface area contributed by atoms with Crippen LogP contribution in [0.2, 0.25) is 0 Å². The normalized spacial score (nSPS) is 16.0. The first-order valence-corrected chi connectivity index (χ1v) is 8.09. The second-order valence-electron chi connectivity index (χ2n) is 4.93. The van der Waals surface area contributed by atoms with Crippen molar-refractivity contribution in [3.63, 3.8) is 0 Å². The van der Waals surface area contributed by atoms with Gasteiger partial charge in [0.15, 0.2) is 4.32 Å². The van der Waals surface area contributed by atoms with Crippen LogP contribution in [0.3, 0.4) is 0 Å². The lowest BCUT2D eigenvalue weighted by Crippen LogP contribution is -2.27. The Bertz CT molecular complexity index is 874. The van der Waals surface area contributed by atoms with E-state index in [1.807, 2.05) is 0 Å². The summed E-state index contributed by atoms with van der Waals surface area (Å²) in [6, 6.07) is 12.6. The Morgan fingerprint density at radius 2 is 1.79 bits per heavy atom. The molecule has 2 aromatic carbocycles. The van der Waals surface area contributed by atoms with E-state index in [1.165, 1.54) is 29.2 Å². The number of carboxylic acids is 1. The van der Waals surface area contributed by atoms with Gasteiger partial charge in [-0.05, 0) is 42.0 Å². The number of carboxylic acid groups (broad SMARTS) is 1. The van der Waals surface area contributed by atoms with Crippen LogP contribution in [0.15, 0.2) is 53.4 Å². The van der Waals surface area contributed by atoms with Gasteiger partial charge in [0.05, 0.1) is 16.2 Å².